The van der Waals surface area contributed by atoms with Gasteiger partial charge in [0, 0.05) is 19.8 Å². The number of aryl methyl sites for hydroxylation is 1. The molecule has 4 heteroatoms. The van der Waals surface area contributed by atoms with Gasteiger partial charge >= 0.3 is 0 Å². The minimum Gasteiger partial charge on any atom is -0.317 e. The van der Waals surface area contributed by atoms with Crippen molar-refractivity contribution < 1.29 is 0 Å². The van der Waals surface area contributed by atoms with Gasteiger partial charge in [0.15, 0.2) is 0 Å². The molecule has 2 rings (SSSR count). The quantitative estimate of drug-likeness (QED) is 0.666. The summed E-state index contributed by atoms with van der Waals surface area (Å²) in [4.78, 5) is 11.5. The van der Waals surface area contributed by atoms with Crippen LogP contribution in [0.1, 0.15) is 11.1 Å². The predicted molar refractivity (Wildman–Crippen MR) is 52.1 cm³/mol. The van der Waals surface area contributed by atoms with Crippen LogP contribution >= 0.6 is 11.6 Å². The average Bonchev–Trinajstić information content (AvgIpc) is 2.15. The molecule has 3 nitrogen and oxygen atoms in total. The van der Waals surface area contributed by atoms with Gasteiger partial charge in [-0.1, -0.05) is 11.6 Å². The van der Waals surface area contributed by atoms with Crippen molar-refractivity contribution in [2.45, 2.75) is 13.0 Å². The topological polar surface area (TPSA) is 34.0 Å². The van der Waals surface area contributed by atoms with Gasteiger partial charge in [-0.05, 0) is 24.1 Å². The second-order valence-electron chi connectivity index (χ2n) is 3.29. The van der Waals surface area contributed by atoms with E-state index in [0.29, 0.717) is 5.02 Å². The number of nitrogens with one attached hydrogen (secondary N) is 1. The first kappa shape index (κ1) is 8.78. The molecule has 2 heterocycles. The van der Waals surface area contributed by atoms with Crippen LogP contribution < -0.4 is 10.9 Å². The normalized spacial score (nSPS) is 15.5. The summed E-state index contributed by atoms with van der Waals surface area (Å²) in [6.45, 7) is 1.71. The molecule has 0 atom stereocenters. The third-order valence-corrected chi connectivity index (χ3v) is 2.77. The van der Waals surface area contributed by atoms with Crippen LogP contribution in [0.2, 0.25) is 5.02 Å². The minimum atomic E-state index is -0.0951. The Morgan fingerprint density at radius 2 is 2.38 bits per heavy atom. The third kappa shape index (κ3) is 1.38. The van der Waals surface area contributed by atoms with Crippen LogP contribution in [0.25, 0.3) is 0 Å². The van der Waals surface area contributed by atoms with Crippen molar-refractivity contribution in [3.8, 4) is 0 Å². The van der Waals surface area contributed by atoms with Gasteiger partial charge in [0.2, 0.25) is 0 Å². The molecule has 1 N–H and O–H groups in total. The van der Waals surface area contributed by atoms with Gasteiger partial charge in [0.05, 0.1) is 0 Å². The maximum Gasteiger partial charge on any atom is 0.269 e. The van der Waals surface area contributed by atoms with Crippen molar-refractivity contribution in [2.24, 2.45) is 7.05 Å². The van der Waals surface area contributed by atoms with E-state index in [2.05, 4.69) is 5.32 Å². The number of hydrogen-bond donors (Lipinski definition) is 1. The molecule has 0 fully saturated rings. The minimum absolute atomic E-state index is 0.0951. The molecule has 70 valence electrons. The lowest BCUT2D eigenvalue weighted by Gasteiger charge is -2.18. The standard InChI is InChI=1S/C9H11ClN2O/c1-12-5-6-4-11-3-2-7(6)8(10)9(12)13/h5,11H,2-4H2,1H3. The van der Waals surface area contributed by atoms with Crippen LogP contribution in [-0.4, -0.2) is 11.1 Å². The SMILES string of the molecule is Cn1cc2c(c(Cl)c1=O)CCNC2. The van der Waals surface area contributed by atoms with Crippen LogP contribution in [0.3, 0.4) is 0 Å². The van der Waals surface area contributed by atoms with Crippen LogP contribution in [0.4, 0.5) is 0 Å². The smallest absolute Gasteiger partial charge is 0.269 e. The molecule has 1 aliphatic rings. The highest BCUT2D eigenvalue weighted by molar-refractivity contribution is 6.31. The fourth-order valence-electron chi connectivity index (χ4n) is 1.65. The summed E-state index contributed by atoms with van der Waals surface area (Å²) in [6, 6.07) is 0. The number of nitrogens with zero attached hydrogens (tertiary/aromatic N) is 1. The van der Waals surface area contributed by atoms with E-state index in [9.17, 15) is 4.79 Å². The highest BCUT2D eigenvalue weighted by atomic mass is 35.5. The molecular weight excluding hydrogens is 188 g/mol. The van der Waals surface area contributed by atoms with Crippen molar-refractivity contribution in [2.75, 3.05) is 6.54 Å². The fourth-order valence-corrected chi connectivity index (χ4v) is 2.00. The van der Waals surface area contributed by atoms with Gasteiger partial charge in [0.25, 0.3) is 5.56 Å². The molecule has 1 aromatic heterocycles. The predicted octanol–water partition coefficient (Wildman–Crippen LogP) is 0.684. The van der Waals surface area contributed by atoms with E-state index in [4.69, 9.17) is 11.6 Å². The van der Waals surface area contributed by atoms with E-state index in [1.165, 1.54) is 4.57 Å². The molecule has 0 saturated heterocycles. The summed E-state index contributed by atoms with van der Waals surface area (Å²) in [6.07, 6.45) is 2.71. The molecular formula is C9H11ClN2O. The Morgan fingerprint density at radius 1 is 1.62 bits per heavy atom. The third-order valence-electron chi connectivity index (χ3n) is 2.38. The summed E-state index contributed by atoms with van der Waals surface area (Å²) >= 11 is 5.96. The number of rotatable bonds is 0. The van der Waals surface area contributed by atoms with E-state index in [1.54, 1.807) is 7.05 Å². The zero-order valence-corrected chi connectivity index (χ0v) is 8.19. The number of fused-ring (bicyclic) bond motifs is 1. The van der Waals surface area contributed by atoms with Crippen molar-refractivity contribution in [1.29, 1.82) is 0 Å². The summed E-state index contributed by atoms with van der Waals surface area (Å²) < 4.78 is 1.54. The van der Waals surface area contributed by atoms with Crippen LogP contribution in [0.5, 0.6) is 0 Å². The first-order valence-corrected chi connectivity index (χ1v) is 4.65. The molecule has 0 aliphatic carbocycles. The first-order chi connectivity index (χ1) is 6.20. The Kier molecular flexibility index (Phi) is 2.14. The molecule has 0 amide bonds. The van der Waals surface area contributed by atoms with E-state index >= 15 is 0 Å². The van der Waals surface area contributed by atoms with E-state index in [0.717, 1.165) is 30.6 Å². The summed E-state index contributed by atoms with van der Waals surface area (Å²) in [5.74, 6) is 0. The molecule has 0 unspecified atom stereocenters. The van der Waals surface area contributed by atoms with Crippen molar-refractivity contribution in [1.82, 2.24) is 9.88 Å². The Labute approximate surface area is 81.3 Å². The Hall–Kier alpha value is -0.800. The Morgan fingerprint density at radius 3 is 3.15 bits per heavy atom. The first-order valence-electron chi connectivity index (χ1n) is 4.28. The molecule has 0 bridgehead atoms. The number of pyridine rings is 1. The van der Waals surface area contributed by atoms with Crippen molar-refractivity contribution >= 4 is 11.6 Å². The lowest BCUT2D eigenvalue weighted by Crippen LogP contribution is -2.29. The second kappa shape index (κ2) is 3.16. The van der Waals surface area contributed by atoms with Gasteiger partial charge in [-0.3, -0.25) is 4.79 Å². The summed E-state index contributed by atoms with van der Waals surface area (Å²) in [5.41, 5.74) is 2.06. The molecule has 0 spiro atoms. The number of halogens is 1. The van der Waals surface area contributed by atoms with Gasteiger partial charge in [-0.15, -0.1) is 0 Å². The molecule has 0 radical (unpaired) electrons. The van der Waals surface area contributed by atoms with Crippen LogP contribution in [-0.2, 0) is 20.0 Å². The van der Waals surface area contributed by atoms with E-state index < -0.39 is 0 Å². The highest BCUT2D eigenvalue weighted by Gasteiger charge is 2.15. The van der Waals surface area contributed by atoms with Gasteiger partial charge in [-0.2, -0.15) is 0 Å². The zero-order valence-electron chi connectivity index (χ0n) is 7.43. The van der Waals surface area contributed by atoms with E-state index in [1.807, 2.05) is 6.20 Å². The monoisotopic (exact) mass is 198 g/mol. The van der Waals surface area contributed by atoms with Crippen LogP contribution in [0, 0.1) is 0 Å². The molecule has 0 aromatic carbocycles. The maximum absolute atomic E-state index is 11.5. The molecule has 1 aliphatic heterocycles. The maximum atomic E-state index is 11.5. The highest BCUT2D eigenvalue weighted by Crippen LogP contribution is 2.18. The second-order valence-corrected chi connectivity index (χ2v) is 3.67. The molecule has 0 saturated carbocycles. The fraction of sp³-hybridized carbons (Fsp3) is 0.444. The Balaban J connectivity index is 2.67. The summed E-state index contributed by atoms with van der Waals surface area (Å²) in [7, 11) is 1.73. The van der Waals surface area contributed by atoms with Crippen molar-refractivity contribution in [3.05, 3.63) is 32.7 Å². The molecule has 1 aromatic rings. The van der Waals surface area contributed by atoms with Crippen molar-refractivity contribution in [3.63, 3.8) is 0 Å². The summed E-state index contributed by atoms with van der Waals surface area (Å²) in [5, 5.41) is 3.63. The largest absolute Gasteiger partial charge is 0.317 e. The number of hydrogen-bond acceptors (Lipinski definition) is 2. The van der Waals surface area contributed by atoms with E-state index in [-0.39, 0.29) is 5.56 Å². The zero-order chi connectivity index (χ0) is 9.42. The van der Waals surface area contributed by atoms with Crippen LogP contribution in [0.15, 0.2) is 11.0 Å². The van der Waals surface area contributed by atoms with Gasteiger partial charge in [0.1, 0.15) is 5.02 Å². The lowest BCUT2D eigenvalue weighted by atomic mass is 10.0. The molecule has 13 heavy (non-hydrogen) atoms. The lowest BCUT2D eigenvalue weighted by molar-refractivity contribution is 0.631. The van der Waals surface area contributed by atoms with Gasteiger partial charge < -0.3 is 9.88 Å². The number of aromatic nitrogens is 1. The Bertz CT molecular complexity index is 397. The average molecular weight is 199 g/mol. The van der Waals surface area contributed by atoms with Gasteiger partial charge in [-0.25, -0.2) is 0 Å².